The molecule has 2 rings (SSSR count). The van der Waals surface area contributed by atoms with Crippen molar-refractivity contribution in [2.75, 3.05) is 0 Å². The highest BCUT2D eigenvalue weighted by Gasteiger charge is 2.07. The molecule has 0 aliphatic rings. The van der Waals surface area contributed by atoms with E-state index in [1.54, 1.807) is 19.1 Å². The van der Waals surface area contributed by atoms with E-state index in [0.29, 0.717) is 12.0 Å². The lowest BCUT2D eigenvalue weighted by molar-refractivity contribution is -0.136. The number of halogens is 1. The molecule has 2 aromatic rings. The van der Waals surface area contributed by atoms with E-state index >= 15 is 0 Å². The molecule has 0 atom stereocenters. The molecule has 0 aliphatic carbocycles. The van der Waals surface area contributed by atoms with E-state index in [4.69, 9.17) is 5.11 Å². The van der Waals surface area contributed by atoms with E-state index in [1.807, 2.05) is 5.38 Å². The number of thiazole rings is 1. The maximum Gasteiger partial charge on any atom is 0.303 e. The predicted octanol–water partition coefficient (Wildman–Crippen LogP) is 3.27. The van der Waals surface area contributed by atoms with Gasteiger partial charge in [0.05, 0.1) is 17.1 Å². The zero-order chi connectivity index (χ0) is 13.1. The summed E-state index contributed by atoms with van der Waals surface area (Å²) in [5.74, 6) is -1.07. The third-order valence-corrected chi connectivity index (χ3v) is 3.47. The lowest BCUT2D eigenvalue weighted by Crippen LogP contribution is -1.96. The van der Waals surface area contributed by atoms with Gasteiger partial charge in [0.2, 0.25) is 0 Å². The molecular weight excluding hydrogens is 253 g/mol. The smallest absolute Gasteiger partial charge is 0.303 e. The van der Waals surface area contributed by atoms with Crippen LogP contribution >= 0.6 is 11.3 Å². The predicted molar refractivity (Wildman–Crippen MR) is 68.2 cm³/mol. The number of aromatic nitrogens is 1. The topological polar surface area (TPSA) is 50.2 Å². The molecule has 0 saturated heterocycles. The lowest BCUT2D eigenvalue weighted by atomic mass is 10.1. The molecule has 0 aliphatic heterocycles. The zero-order valence-corrected chi connectivity index (χ0v) is 10.6. The van der Waals surface area contributed by atoms with Crippen molar-refractivity contribution in [2.24, 2.45) is 0 Å². The van der Waals surface area contributed by atoms with Crippen LogP contribution in [0.15, 0.2) is 23.6 Å². The molecule has 0 bridgehead atoms. The Morgan fingerprint density at radius 1 is 1.50 bits per heavy atom. The maximum atomic E-state index is 13.1. The Balaban J connectivity index is 2.18. The molecule has 1 aromatic heterocycles. The van der Waals surface area contributed by atoms with Crippen molar-refractivity contribution >= 4 is 17.3 Å². The molecule has 94 valence electrons. The number of rotatable bonds is 4. The van der Waals surface area contributed by atoms with Gasteiger partial charge in [-0.05, 0) is 30.7 Å². The van der Waals surface area contributed by atoms with Crippen molar-refractivity contribution in [2.45, 2.75) is 19.8 Å². The summed E-state index contributed by atoms with van der Waals surface area (Å²) in [6, 6.07) is 4.84. The fourth-order valence-electron chi connectivity index (χ4n) is 1.58. The summed E-state index contributed by atoms with van der Waals surface area (Å²) >= 11 is 1.43. The number of benzene rings is 1. The second-order valence-corrected chi connectivity index (χ2v) is 4.93. The average Bonchev–Trinajstić information content (AvgIpc) is 2.79. The maximum absolute atomic E-state index is 13.1. The first-order chi connectivity index (χ1) is 8.56. The lowest BCUT2D eigenvalue weighted by Gasteiger charge is -2.00. The van der Waals surface area contributed by atoms with Crippen molar-refractivity contribution in [1.82, 2.24) is 4.98 Å². The summed E-state index contributed by atoms with van der Waals surface area (Å²) in [7, 11) is 0. The van der Waals surface area contributed by atoms with Crippen LogP contribution in [-0.4, -0.2) is 16.1 Å². The van der Waals surface area contributed by atoms with E-state index in [9.17, 15) is 9.18 Å². The number of carbonyl (C=O) groups is 1. The molecule has 0 spiro atoms. The van der Waals surface area contributed by atoms with Gasteiger partial charge in [0.25, 0.3) is 0 Å². The second kappa shape index (κ2) is 5.27. The number of hydrogen-bond acceptors (Lipinski definition) is 3. The highest BCUT2D eigenvalue weighted by atomic mass is 32.1. The van der Waals surface area contributed by atoms with E-state index in [2.05, 4.69) is 4.98 Å². The standard InChI is InChI=1S/C13H12FNO2S/c1-8-6-9(2-3-10(8)14)11-7-18-12(15-11)4-5-13(16)17/h2-3,6-7H,4-5H2,1H3,(H,16,17). The molecular formula is C13H12FNO2S. The van der Waals surface area contributed by atoms with Gasteiger partial charge >= 0.3 is 5.97 Å². The van der Waals surface area contributed by atoms with Crippen molar-refractivity contribution in [3.63, 3.8) is 0 Å². The number of aliphatic carboxylic acids is 1. The van der Waals surface area contributed by atoms with E-state index in [-0.39, 0.29) is 12.2 Å². The first-order valence-electron chi connectivity index (χ1n) is 5.49. The number of hydrogen-bond donors (Lipinski definition) is 1. The van der Waals surface area contributed by atoms with Gasteiger partial charge in [-0.3, -0.25) is 4.79 Å². The number of carboxylic acid groups (broad SMARTS) is 1. The van der Waals surface area contributed by atoms with Crippen LogP contribution in [0.1, 0.15) is 17.0 Å². The first-order valence-corrected chi connectivity index (χ1v) is 6.37. The fourth-order valence-corrected chi connectivity index (χ4v) is 2.38. The van der Waals surface area contributed by atoms with Crippen LogP contribution in [0, 0.1) is 12.7 Å². The van der Waals surface area contributed by atoms with E-state index < -0.39 is 5.97 Å². The minimum Gasteiger partial charge on any atom is -0.481 e. The van der Waals surface area contributed by atoms with E-state index in [0.717, 1.165) is 16.3 Å². The summed E-state index contributed by atoms with van der Waals surface area (Å²) in [5, 5.41) is 11.3. The molecule has 0 fully saturated rings. The minimum absolute atomic E-state index is 0.0788. The summed E-state index contributed by atoms with van der Waals surface area (Å²) in [6.07, 6.45) is 0.509. The van der Waals surface area contributed by atoms with Gasteiger partial charge < -0.3 is 5.11 Å². The van der Waals surface area contributed by atoms with Crippen LogP contribution in [0.25, 0.3) is 11.3 Å². The van der Waals surface area contributed by atoms with E-state index in [1.165, 1.54) is 17.4 Å². The van der Waals surface area contributed by atoms with Crippen LogP contribution in [0.3, 0.4) is 0 Å². The summed E-state index contributed by atoms with van der Waals surface area (Å²) < 4.78 is 13.1. The third-order valence-electron chi connectivity index (χ3n) is 2.56. The molecule has 0 saturated carbocycles. The van der Waals surface area contributed by atoms with Crippen molar-refractivity contribution in [1.29, 1.82) is 0 Å². The first kappa shape index (κ1) is 12.7. The van der Waals surface area contributed by atoms with Crippen molar-refractivity contribution in [3.8, 4) is 11.3 Å². The second-order valence-electron chi connectivity index (χ2n) is 3.98. The van der Waals surface area contributed by atoms with Gasteiger partial charge in [-0.15, -0.1) is 11.3 Å². The Morgan fingerprint density at radius 2 is 2.28 bits per heavy atom. The van der Waals surface area contributed by atoms with Crippen LogP contribution in [-0.2, 0) is 11.2 Å². The molecule has 1 heterocycles. The Bertz CT molecular complexity index is 580. The van der Waals surface area contributed by atoms with Crippen molar-refractivity contribution < 1.29 is 14.3 Å². The number of nitrogens with zero attached hydrogens (tertiary/aromatic N) is 1. The Kier molecular flexibility index (Phi) is 3.72. The molecule has 18 heavy (non-hydrogen) atoms. The third kappa shape index (κ3) is 2.92. The fraction of sp³-hybridized carbons (Fsp3) is 0.231. The van der Waals surface area contributed by atoms with Gasteiger partial charge in [0.1, 0.15) is 5.82 Å². The van der Waals surface area contributed by atoms with Crippen LogP contribution in [0.5, 0.6) is 0 Å². The Hall–Kier alpha value is -1.75. The molecule has 0 radical (unpaired) electrons. The summed E-state index contributed by atoms with van der Waals surface area (Å²) in [5.41, 5.74) is 2.20. The number of carboxylic acids is 1. The van der Waals surface area contributed by atoms with Gasteiger partial charge in [-0.25, -0.2) is 9.37 Å². The molecule has 0 unspecified atom stereocenters. The van der Waals surface area contributed by atoms with Gasteiger partial charge in [0.15, 0.2) is 0 Å². The monoisotopic (exact) mass is 265 g/mol. The highest BCUT2D eigenvalue weighted by Crippen LogP contribution is 2.24. The molecule has 3 nitrogen and oxygen atoms in total. The van der Waals surface area contributed by atoms with Gasteiger partial charge in [0, 0.05) is 17.4 Å². The Morgan fingerprint density at radius 3 is 2.94 bits per heavy atom. The molecule has 1 N–H and O–H groups in total. The zero-order valence-electron chi connectivity index (χ0n) is 9.81. The average molecular weight is 265 g/mol. The Labute approximate surface area is 108 Å². The van der Waals surface area contributed by atoms with Gasteiger partial charge in [-0.2, -0.15) is 0 Å². The van der Waals surface area contributed by atoms with Gasteiger partial charge in [-0.1, -0.05) is 0 Å². The number of aryl methyl sites for hydroxylation is 2. The van der Waals surface area contributed by atoms with Crippen LogP contribution < -0.4 is 0 Å². The molecule has 5 heteroatoms. The normalized spacial score (nSPS) is 10.6. The molecule has 0 amide bonds. The summed E-state index contributed by atoms with van der Waals surface area (Å²) in [4.78, 5) is 14.8. The van der Waals surface area contributed by atoms with Crippen LogP contribution in [0.4, 0.5) is 4.39 Å². The van der Waals surface area contributed by atoms with Crippen molar-refractivity contribution in [3.05, 3.63) is 40.0 Å². The minimum atomic E-state index is -0.829. The SMILES string of the molecule is Cc1cc(-c2csc(CCC(=O)O)n2)ccc1F. The van der Waals surface area contributed by atoms with Crippen LogP contribution in [0.2, 0.25) is 0 Å². The summed E-state index contributed by atoms with van der Waals surface area (Å²) in [6.45, 7) is 1.70. The largest absolute Gasteiger partial charge is 0.481 e. The quantitative estimate of drug-likeness (QED) is 0.923. The highest BCUT2D eigenvalue weighted by molar-refractivity contribution is 7.09. The molecule has 1 aromatic carbocycles.